The molecular formula is C18H12N4S2. The summed E-state index contributed by atoms with van der Waals surface area (Å²) >= 11 is 3.06. The van der Waals surface area contributed by atoms with Crippen molar-refractivity contribution in [2.75, 3.05) is 0 Å². The minimum atomic E-state index is 0.554. The number of nitrogens with zero attached hydrogens (tertiary/aromatic N) is 4. The van der Waals surface area contributed by atoms with E-state index >= 15 is 0 Å². The van der Waals surface area contributed by atoms with Crippen LogP contribution in [-0.4, -0.2) is 14.4 Å². The minimum Gasteiger partial charge on any atom is -0.291 e. The summed E-state index contributed by atoms with van der Waals surface area (Å²) in [6.45, 7) is 1.96. The van der Waals surface area contributed by atoms with Gasteiger partial charge in [-0.05, 0) is 13.0 Å². The zero-order valence-corrected chi connectivity index (χ0v) is 14.4. The van der Waals surface area contributed by atoms with Gasteiger partial charge in [0.2, 0.25) is 0 Å². The highest BCUT2D eigenvalue weighted by Gasteiger charge is 2.12. The van der Waals surface area contributed by atoms with E-state index in [1.54, 1.807) is 11.3 Å². The quantitative estimate of drug-likeness (QED) is 0.495. The summed E-state index contributed by atoms with van der Waals surface area (Å²) < 4.78 is 2.00. The van der Waals surface area contributed by atoms with Crippen molar-refractivity contribution in [1.82, 2.24) is 14.4 Å². The second-order valence-corrected chi connectivity index (χ2v) is 6.94. The number of rotatable bonds is 3. The van der Waals surface area contributed by atoms with Gasteiger partial charge < -0.3 is 0 Å². The van der Waals surface area contributed by atoms with Crippen LogP contribution in [0.1, 0.15) is 16.4 Å². The Balaban J connectivity index is 1.77. The number of nitriles is 1. The highest BCUT2D eigenvalue weighted by Crippen LogP contribution is 2.28. The molecule has 0 aliphatic carbocycles. The molecule has 3 heterocycles. The Morgan fingerprint density at radius 3 is 2.83 bits per heavy atom. The van der Waals surface area contributed by atoms with Crippen LogP contribution in [0, 0.1) is 18.3 Å². The zero-order chi connectivity index (χ0) is 16.5. The van der Waals surface area contributed by atoms with Crippen LogP contribution in [0.3, 0.4) is 0 Å². The average Bonchev–Trinajstić information content (AvgIpc) is 3.31. The summed E-state index contributed by atoms with van der Waals surface area (Å²) in [5.74, 6) is 0. The monoisotopic (exact) mass is 348 g/mol. The molecule has 0 saturated carbocycles. The molecule has 116 valence electrons. The van der Waals surface area contributed by atoms with Crippen LogP contribution in [-0.2, 0) is 0 Å². The molecule has 0 bridgehead atoms. The molecule has 4 aromatic rings. The number of hydrogen-bond acceptors (Lipinski definition) is 5. The zero-order valence-electron chi connectivity index (χ0n) is 12.8. The normalized spacial score (nSPS) is 11.8. The van der Waals surface area contributed by atoms with E-state index in [1.807, 2.05) is 64.7 Å². The van der Waals surface area contributed by atoms with E-state index < -0.39 is 0 Å². The molecule has 0 aliphatic rings. The lowest BCUT2D eigenvalue weighted by molar-refractivity contribution is 1.19. The van der Waals surface area contributed by atoms with Gasteiger partial charge in [0.1, 0.15) is 11.1 Å². The summed E-state index contributed by atoms with van der Waals surface area (Å²) in [5.41, 5.74) is 4.34. The molecule has 4 rings (SSSR count). The smallest absolute Gasteiger partial charge is 0.194 e. The molecule has 0 atom stereocenters. The van der Waals surface area contributed by atoms with Gasteiger partial charge in [0.25, 0.3) is 0 Å². The Labute approximate surface area is 147 Å². The molecule has 24 heavy (non-hydrogen) atoms. The Hall–Kier alpha value is -2.75. The van der Waals surface area contributed by atoms with Crippen LogP contribution in [0.5, 0.6) is 0 Å². The highest BCUT2D eigenvalue weighted by molar-refractivity contribution is 7.15. The fourth-order valence-electron chi connectivity index (χ4n) is 2.50. The fourth-order valence-corrected chi connectivity index (χ4v) is 4.06. The number of benzene rings is 1. The lowest BCUT2D eigenvalue weighted by Crippen LogP contribution is -1.87. The molecule has 0 radical (unpaired) electrons. The molecule has 0 spiro atoms. The number of aryl methyl sites for hydroxylation is 1. The summed E-state index contributed by atoms with van der Waals surface area (Å²) in [7, 11) is 0. The van der Waals surface area contributed by atoms with Gasteiger partial charge in [0.05, 0.1) is 22.7 Å². The lowest BCUT2D eigenvalue weighted by Gasteiger charge is -1.97. The van der Waals surface area contributed by atoms with Gasteiger partial charge in [-0.1, -0.05) is 30.3 Å². The maximum atomic E-state index is 9.59. The van der Waals surface area contributed by atoms with E-state index in [4.69, 9.17) is 0 Å². The van der Waals surface area contributed by atoms with Gasteiger partial charge in [-0.3, -0.25) is 4.40 Å². The lowest BCUT2D eigenvalue weighted by atomic mass is 10.2. The largest absolute Gasteiger partial charge is 0.291 e. The molecule has 0 fully saturated rings. The first-order chi connectivity index (χ1) is 11.8. The molecule has 6 heteroatoms. The Kier molecular flexibility index (Phi) is 3.73. The number of allylic oxidation sites excluding steroid dienone is 1. The van der Waals surface area contributed by atoms with E-state index in [0.717, 1.165) is 32.6 Å². The predicted octanol–water partition coefficient (Wildman–Crippen LogP) is 4.89. The molecule has 3 aromatic heterocycles. The van der Waals surface area contributed by atoms with Crippen molar-refractivity contribution in [2.24, 2.45) is 0 Å². The van der Waals surface area contributed by atoms with Crippen molar-refractivity contribution in [3.8, 4) is 17.3 Å². The molecular weight excluding hydrogens is 336 g/mol. The maximum Gasteiger partial charge on any atom is 0.194 e. The van der Waals surface area contributed by atoms with Crippen molar-refractivity contribution in [2.45, 2.75) is 6.92 Å². The third-order valence-electron chi connectivity index (χ3n) is 3.69. The Morgan fingerprint density at radius 2 is 2.04 bits per heavy atom. The number of fused-ring (bicyclic) bond motifs is 1. The summed E-state index contributed by atoms with van der Waals surface area (Å²) in [6, 6.07) is 12.3. The first-order valence-electron chi connectivity index (χ1n) is 7.31. The van der Waals surface area contributed by atoms with Gasteiger partial charge in [0.15, 0.2) is 4.96 Å². The Morgan fingerprint density at radius 1 is 1.21 bits per heavy atom. The van der Waals surface area contributed by atoms with Crippen molar-refractivity contribution < 1.29 is 0 Å². The summed E-state index contributed by atoms with van der Waals surface area (Å²) in [6.07, 6.45) is 3.84. The van der Waals surface area contributed by atoms with Crippen LogP contribution < -0.4 is 0 Å². The van der Waals surface area contributed by atoms with E-state index in [2.05, 4.69) is 16.0 Å². The average molecular weight is 348 g/mol. The maximum absolute atomic E-state index is 9.59. The van der Waals surface area contributed by atoms with E-state index in [1.165, 1.54) is 11.3 Å². The minimum absolute atomic E-state index is 0.554. The standard InChI is InChI=1S/C18H12N4S2/c1-12-16(22-7-8-23-18(22)20-12)9-14(10-19)17-21-15(11-24-17)13-5-3-2-4-6-13/h2-9,11H,1H3. The van der Waals surface area contributed by atoms with Gasteiger partial charge in [-0.25, -0.2) is 9.97 Å². The number of thiazole rings is 2. The summed E-state index contributed by atoms with van der Waals surface area (Å²) in [5, 5.41) is 14.3. The number of imidazole rings is 1. The van der Waals surface area contributed by atoms with Gasteiger partial charge in [-0.15, -0.1) is 22.7 Å². The summed E-state index contributed by atoms with van der Waals surface area (Å²) in [4.78, 5) is 10.1. The molecule has 0 aliphatic heterocycles. The molecule has 0 N–H and O–H groups in total. The third kappa shape index (κ3) is 2.54. The molecule has 0 unspecified atom stereocenters. The van der Waals surface area contributed by atoms with Gasteiger partial charge in [0, 0.05) is 22.5 Å². The van der Waals surface area contributed by atoms with Crippen molar-refractivity contribution in [3.63, 3.8) is 0 Å². The number of aromatic nitrogens is 3. The SMILES string of the molecule is Cc1nc2sccn2c1C=C(C#N)c1nc(-c2ccccc2)cs1. The predicted molar refractivity (Wildman–Crippen MR) is 98.8 cm³/mol. The first-order valence-corrected chi connectivity index (χ1v) is 9.07. The van der Waals surface area contributed by atoms with Crippen LogP contribution in [0.4, 0.5) is 0 Å². The third-order valence-corrected chi connectivity index (χ3v) is 5.32. The van der Waals surface area contributed by atoms with Crippen molar-refractivity contribution >= 4 is 39.3 Å². The second kappa shape index (κ2) is 6.04. The molecule has 0 amide bonds. The Bertz CT molecular complexity index is 1080. The fraction of sp³-hybridized carbons (Fsp3) is 0.0556. The number of hydrogen-bond donors (Lipinski definition) is 0. The molecule has 4 nitrogen and oxygen atoms in total. The second-order valence-electron chi connectivity index (χ2n) is 5.21. The van der Waals surface area contributed by atoms with Gasteiger partial charge in [-0.2, -0.15) is 5.26 Å². The van der Waals surface area contributed by atoms with E-state index in [9.17, 15) is 5.26 Å². The van der Waals surface area contributed by atoms with Crippen molar-refractivity contribution in [1.29, 1.82) is 5.26 Å². The van der Waals surface area contributed by atoms with Gasteiger partial charge >= 0.3 is 0 Å². The van der Waals surface area contributed by atoms with Crippen LogP contribution in [0.2, 0.25) is 0 Å². The van der Waals surface area contributed by atoms with Crippen LogP contribution in [0.15, 0.2) is 47.3 Å². The van der Waals surface area contributed by atoms with E-state index in [0.29, 0.717) is 5.57 Å². The van der Waals surface area contributed by atoms with Crippen LogP contribution in [0.25, 0.3) is 27.9 Å². The molecule has 1 aromatic carbocycles. The molecule has 0 saturated heterocycles. The van der Waals surface area contributed by atoms with Crippen LogP contribution >= 0.6 is 22.7 Å². The first kappa shape index (κ1) is 14.8. The van der Waals surface area contributed by atoms with E-state index in [-0.39, 0.29) is 0 Å². The highest BCUT2D eigenvalue weighted by atomic mass is 32.1. The topological polar surface area (TPSA) is 54.0 Å². The van der Waals surface area contributed by atoms with Crippen molar-refractivity contribution in [3.05, 3.63) is 63.7 Å².